The first kappa shape index (κ1) is 11.3. The predicted molar refractivity (Wildman–Crippen MR) is 68.7 cm³/mol. The molecule has 3 N–H and O–H groups in total. The zero-order chi connectivity index (χ0) is 11.9. The summed E-state index contributed by atoms with van der Waals surface area (Å²) < 4.78 is 3.15. The highest BCUT2D eigenvalue weighted by Crippen LogP contribution is 2.22. The highest BCUT2D eigenvalue weighted by atomic mass is 79.9. The molecule has 6 heteroatoms. The predicted octanol–water partition coefficient (Wildman–Crippen LogP) is 2.51. The topological polar surface area (TPSA) is 63.8 Å². The number of carbonyl (C=O) groups is 1. The van der Waals surface area contributed by atoms with Crippen molar-refractivity contribution in [2.45, 2.75) is 13.0 Å². The lowest BCUT2D eigenvalue weighted by Gasteiger charge is -2.10. The molecule has 1 aromatic heterocycles. The van der Waals surface area contributed by atoms with Crippen molar-refractivity contribution in [2.75, 3.05) is 0 Å². The quantitative estimate of drug-likeness (QED) is 0.837. The molecule has 2 rings (SSSR count). The van der Waals surface area contributed by atoms with E-state index in [-0.39, 0.29) is 0 Å². The van der Waals surface area contributed by atoms with Crippen molar-refractivity contribution >= 4 is 45.1 Å². The van der Waals surface area contributed by atoms with Gasteiger partial charge in [-0.2, -0.15) is 0 Å². The molecule has 0 aliphatic heterocycles. The van der Waals surface area contributed by atoms with E-state index in [1.165, 1.54) is 0 Å². The molecule has 1 unspecified atom stereocenters. The third-order valence-electron chi connectivity index (χ3n) is 2.48. The maximum absolute atomic E-state index is 11.2. The lowest BCUT2D eigenvalue weighted by Crippen LogP contribution is -2.23. The molecule has 1 atom stereocenters. The number of fused-ring (bicyclic) bond motifs is 1. The lowest BCUT2D eigenvalue weighted by atomic mass is 10.2. The first-order valence-corrected chi connectivity index (χ1v) is 5.90. The Balaban J connectivity index is 2.77. The summed E-state index contributed by atoms with van der Waals surface area (Å²) in [6, 6.07) is 5.25. The number of nitrogens with one attached hydrogen (secondary N) is 1. The molecule has 0 fully saturated rings. The number of carbonyl (C=O) groups excluding carboxylic acids is 1. The van der Waals surface area contributed by atoms with Gasteiger partial charge in [0.1, 0.15) is 6.04 Å². The van der Waals surface area contributed by atoms with Gasteiger partial charge in [0.05, 0.1) is 11.0 Å². The van der Waals surface area contributed by atoms with E-state index < -0.39 is 11.9 Å². The number of primary amides is 1. The summed E-state index contributed by atoms with van der Waals surface area (Å²) in [4.78, 5) is 14.2. The summed E-state index contributed by atoms with van der Waals surface area (Å²) in [6.45, 7) is 1.73. The van der Waals surface area contributed by atoms with E-state index >= 15 is 0 Å². The molecule has 1 heterocycles. The van der Waals surface area contributed by atoms with E-state index in [0.29, 0.717) is 4.77 Å². The summed E-state index contributed by atoms with van der Waals surface area (Å²) >= 11 is 8.56. The Morgan fingerprint density at radius 2 is 2.31 bits per heavy atom. The molecular weight excluding hydrogens is 290 g/mol. The van der Waals surface area contributed by atoms with Gasteiger partial charge in [-0.3, -0.25) is 4.79 Å². The molecular formula is C10H10BrN3OS. The smallest absolute Gasteiger partial charge is 0.240 e. The SMILES string of the molecule is CC(C(N)=O)n1c(=S)[nH]c2ccc(Br)cc21. The van der Waals surface area contributed by atoms with Crippen LogP contribution in [-0.2, 0) is 4.79 Å². The largest absolute Gasteiger partial charge is 0.368 e. The van der Waals surface area contributed by atoms with Crippen LogP contribution in [0.1, 0.15) is 13.0 Å². The van der Waals surface area contributed by atoms with Gasteiger partial charge in [0.15, 0.2) is 4.77 Å². The molecule has 84 valence electrons. The van der Waals surface area contributed by atoms with Crippen LogP contribution in [0.25, 0.3) is 11.0 Å². The van der Waals surface area contributed by atoms with Gasteiger partial charge in [-0.05, 0) is 37.3 Å². The van der Waals surface area contributed by atoms with Crippen molar-refractivity contribution in [2.24, 2.45) is 5.73 Å². The maximum Gasteiger partial charge on any atom is 0.240 e. The molecule has 0 bridgehead atoms. The summed E-state index contributed by atoms with van der Waals surface area (Å²) in [6.07, 6.45) is 0. The first-order valence-electron chi connectivity index (χ1n) is 4.70. The average molecular weight is 300 g/mol. The molecule has 1 amide bonds. The standard InChI is InChI=1S/C10H10BrN3OS/c1-5(9(12)15)14-8-4-6(11)2-3-7(8)13-10(14)16/h2-5H,1H3,(H2,12,15)(H,13,16). The number of H-pyrrole nitrogens is 1. The Hall–Kier alpha value is -1.14. The molecule has 2 aromatic rings. The second-order valence-corrected chi connectivity index (χ2v) is 4.84. The molecule has 16 heavy (non-hydrogen) atoms. The van der Waals surface area contributed by atoms with Gasteiger partial charge >= 0.3 is 0 Å². The number of aromatic nitrogens is 2. The van der Waals surface area contributed by atoms with E-state index in [1.807, 2.05) is 18.2 Å². The Labute approximate surface area is 106 Å². The number of amides is 1. The number of hydrogen-bond donors (Lipinski definition) is 2. The van der Waals surface area contributed by atoms with Crippen molar-refractivity contribution in [1.82, 2.24) is 9.55 Å². The van der Waals surface area contributed by atoms with Gasteiger partial charge in [-0.15, -0.1) is 0 Å². The summed E-state index contributed by atoms with van der Waals surface area (Å²) in [5.74, 6) is -0.406. The van der Waals surface area contributed by atoms with Crippen LogP contribution >= 0.6 is 28.1 Å². The number of nitrogens with two attached hydrogens (primary N) is 1. The molecule has 4 nitrogen and oxygen atoms in total. The summed E-state index contributed by atoms with van der Waals surface area (Å²) in [7, 11) is 0. The second kappa shape index (κ2) is 4.03. The third-order valence-corrected chi connectivity index (χ3v) is 3.27. The Morgan fingerprint density at radius 3 is 2.94 bits per heavy atom. The minimum absolute atomic E-state index is 0.406. The molecule has 0 aliphatic rings. The van der Waals surface area contributed by atoms with E-state index in [2.05, 4.69) is 20.9 Å². The Bertz CT molecular complexity index is 616. The Kier molecular flexibility index (Phi) is 2.86. The molecule has 0 radical (unpaired) electrons. The van der Waals surface area contributed by atoms with Crippen LogP contribution in [0.5, 0.6) is 0 Å². The van der Waals surface area contributed by atoms with Crippen LogP contribution in [0.3, 0.4) is 0 Å². The van der Waals surface area contributed by atoms with Crippen LogP contribution in [0, 0.1) is 4.77 Å². The summed E-state index contributed by atoms with van der Waals surface area (Å²) in [5.41, 5.74) is 7.05. The lowest BCUT2D eigenvalue weighted by molar-refractivity contribution is -0.120. The van der Waals surface area contributed by atoms with Gasteiger partial charge in [0, 0.05) is 4.47 Å². The summed E-state index contributed by atoms with van der Waals surface area (Å²) in [5, 5.41) is 0. The van der Waals surface area contributed by atoms with Gasteiger partial charge in [0.2, 0.25) is 5.91 Å². The normalized spacial score (nSPS) is 12.9. The monoisotopic (exact) mass is 299 g/mol. The van der Waals surface area contributed by atoms with Gasteiger partial charge in [-0.1, -0.05) is 15.9 Å². The van der Waals surface area contributed by atoms with Crippen LogP contribution in [0.4, 0.5) is 0 Å². The van der Waals surface area contributed by atoms with Gasteiger partial charge in [0.25, 0.3) is 0 Å². The van der Waals surface area contributed by atoms with Crippen molar-refractivity contribution in [1.29, 1.82) is 0 Å². The van der Waals surface area contributed by atoms with Crippen molar-refractivity contribution in [3.05, 3.63) is 27.4 Å². The molecule has 0 saturated heterocycles. The minimum Gasteiger partial charge on any atom is -0.368 e. The molecule has 0 spiro atoms. The van der Waals surface area contributed by atoms with Crippen LogP contribution in [-0.4, -0.2) is 15.5 Å². The van der Waals surface area contributed by atoms with Crippen LogP contribution in [0.15, 0.2) is 22.7 Å². The number of nitrogens with zero attached hydrogens (tertiary/aromatic N) is 1. The van der Waals surface area contributed by atoms with E-state index in [4.69, 9.17) is 18.0 Å². The van der Waals surface area contributed by atoms with E-state index in [9.17, 15) is 4.79 Å². The minimum atomic E-state index is -0.462. The van der Waals surface area contributed by atoms with Crippen LogP contribution in [0.2, 0.25) is 0 Å². The highest BCUT2D eigenvalue weighted by molar-refractivity contribution is 9.10. The maximum atomic E-state index is 11.2. The molecule has 1 aromatic carbocycles. The number of halogens is 1. The third kappa shape index (κ3) is 1.78. The van der Waals surface area contributed by atoms with Crippen molar-refractivity contribution < 1.29 is 4.79 Å². The molecule has 0 aliphatic carbocycles. The van der Waals surface area contributed by atoms with Crippen molar-refractivity contribution in [3.8, 4) is 0 Å². The number of imidazole rings is 1. The Morgan fingerprint density at radius 1 is 1.62 bits per heavy atom. The van der Waals surface area contributed by atoms with E-state index in [1.54, 1.807) is 11.5 Å². The fourth-order valence-corrected chi connectivity index (χ4v) is 2.32. The number of hydrogen-bond acceptors (Lipinski definition) is 2. The highest BCUT2D eigenvalue weighted by Gasteiger charge is 2.15. The average Bonchev–Trinajstić information content (AvgIpc) is 2.52. The number of rotatable bonds is 2. The number of aromatic amines is 1. The fourth-order valence-electron chi connectivity index (χ4n) is 1.61. The van der Waals surface area contributed by atoms with E-state index in [0.717, 1.165) is 15.5 Å². The zero-order valence-corrected chi connectivity index (χ0v) is 10.9. The molecule has 0 saturated carbocycles. The van der Waals surface area contributed by atoms with Gasteiger partial charge in [-0.25, -0.2) is 0 Å². The first-order chi connectivity index (χ1) is 7.50. The number of benzene rings is 1. The van der Waals surface area contributed by atoms with Gasteiger partial charge < -0.3 is 15.3 Å². The van der Waals surface area contributed by atoms with Crippen LogP contribution < -0.4 is 5.73 Å². The zero-order valence-electron chi connectivity index (χ0n) is 8.53. The van der Waals surface area contributed by atoms with Crippen molar-refractivity contribution in [3.63, 3.8) is 0 Å². The second-order valence-electron chi connectivity index (χ2n) is 3.54. The fraction of sp³-hybridized carbons (Fsp3) is 0.200.